The van der Waals surface area contributed by atoms with Crippen molar-refractivity contribution in [2.45, 2.75) is 46.0 Å². The van der Waals surface area contributed by atoms with Crippen LogP contribution in [0.15, 0.2) is 0 Å². The first-order valence-electron chi connectivity index (χ1n) is 6.35. The zero-order chi connectivity index (χ0) is 13.8. The Hall–Kier alpha value is -1.36. The van der Waals surface area contributed by atoms with Gasteiger partial charge in [0.1, 0.15) is 17.5 Å². The molecule has 18 heavy (non-hydrogen) atoms. The number of anilines is 2. The van der Waals surface area contributed by atoms with Crippen LogP contribution in [0.4, 0.5) is 11.6 Å². The minimum absolute atomic E-state index is 0.122. The fourth-order valence-electron chi connectivity index (χ4n) is 1.49. The summed E-state index contributed by atoms with van der Waals surface area (Å²) < 4.78 is 0. The molecule has 5 nitrogen and oxygen atoms in total. The first-order chi connectivity index (χ1) is 8.36. The molecule has 1 heterocycles. The molecule has 0 saturated heterocycles. The Morgan fingerprint density at radius 2 is 1.89 bits per heavy atom. The third kappa shape index (κ3) is 3.84. The molecule has 0 radical (unpaired) electrons. The Bertz CT molecular complexity index is 399. The van der Waals surface area contributed by atoms with Crippen molar-refractivity contribution < 1.29 is 5.11 Å². The van der Waals surface area contributed by atoms with E-state index in [9.17, 15) is 0 Å². The molecule has 0 aromatic carbocycles. The number of nitrogens with two attached hydrogens (primary N) is 1. The van der Waals surface area contributed by atoms with E-state index in [0.29, 0.717) is 5.82 Å². The van der Waals surface area contributed by atoms with Crippen molar-refractivity contribution in [2.24, 2.45) is 0 Å². The number of aliphatic hydroxyl groups excluding tert-OH is 1. The summed E-state index contributed by atoms with van der Waals surface area (Å²) >= 11 is 0. The first kappa shape index (κ1) is 14.7. The second-order valence-electron chi connectivity index (χ2n) is 5.51. The number of aromatic nitrogens is 2. The van der Waals surface area contributed by atoms with E-state index in [1.54, 1.807) is 0 Å². The van der Waals surface area contributed by atoms with Gasteiger partial charge in [-0.25, -0.2) is 9.97 Å². The van der Waals surface area contributed by atoms with Gasteiger partial charge < -0.3 is 16.2 Å². The van der Waals surface area contributed by atoms with Crippen molar-refractivity contribution in [3.8, 4) is 0 Å². The highest BCUT2D eigenvalue weighted by Gasteiger charge is 2.20. The van der Waals surface area contributed by atoms with Gasteiger partial charge in [0.05, 0.1) is 0 Å². The molecule has 0 aliphatic rings. The number of rotatable bonds is 5. The topological polar surface area (TPSA) is 84.1 Å². The van der Waals surface area contributed by atoms with Crippen LogP contribution in [0, 0.1) is 6.92 Å². The molecule has 1 rings (SSSR count). The molecule has 0 fully saturated rings. The predicted octanol–water partition coefficient (Wildman–Crippen LogP) is 1.85. The molecule has 0 amide bonds. The predicted molar refractivity (Wildman–Crippen MR) is 74.7 cm³/mol. The zero-order valence-corrected chi connectivity index (χ0v) is 11.7. The zero-order valence-electron chi connectivity index (χ0n) is 11.7. The van der Waals surface area contributed by atoms with E-state index in [1.807, 2.05) is 6.92 Å². The second-order valence-corrected chi connectivity index (χ2v) is 5.51. The number of nitrogens with one attached hydrogen (secondary N) is 1. The molecule has 0 saturated carbocycles. The van der Waals surface area contributed by atoms with Gasteiger partial charge in [-0.3, -0.25) is 0 Å². The van der Waals surface area contributed by atoms with Crippen molar-refractivity contribution in [1.29, 1.82) is 0 Å². The van der Waals surface area contributed by atoms with Gasteiger partial charge in [0.25, 0.3) is 0 Å². The first-order valence-corrected chi connectivity index (χ1v) is 6.35. The van der Waals surface area contributed by atoms with E-state index in [0.717, 1.165) is 36.6 Å². The molecule has 0 bridgehead atoms. The molecule has 1 aromatic rings. The number of unbranched alkanes of at least 4 members (excludes halogenated alkanes) is 1. The maximum atomic E-state index is 8.74. The maximum Gasteiger partial charge on any atom is 0.138 e. The van der Waals surface area contributed by atoms with Crippen LogP contribution in [-0.4, -0.2) is 28.2 Å². The van der Waals surface area contributed by atoms with E-state index in [4.69, 9.17) is 10.8 Å². The molecule has 0 atom stereocenters. The van der Waals surface area contributed by atoms with Crippen molar-refractivity contribution >= 4 is 11.6 Å². The monoisotopic (exact) mass is 252 g/mol. The lowest BCUT2D eigenvalue weighted by atomic mass is 9.95. The normalized spacial score (nSPS) is 11.6. The lowest BCUT2D eigenvalue weighted by Crippen LogP contribution is -2.19. The van der Waals surface area contributed by atoms with Crippen molar-refractivity contribution in [1.82, 2.24) is 9.97 Å². The standard InChI is InChI=1S/C13H24N4O/c1-9-10(14)16-12(13(2,3)4)17-11(9)15-7-5-6-8-18/h18H,5-8H2,1-4H3,(H3,14,15,16,17). The van der Waals surface area contributed by atoms with Crippen LogP contribution in [0.5, 0.6) is 0 Å². The van der Waals surface area contributed by atoms with E-state index < -0.39 is 0 Å². The lowest BCUT2D eigenvalue weighted by Gasteiger charge is -2.19. The van der Waals surface area contributed by atoms with Crippen LogP contribution in [0.2, 0.25) is 0 Å². The highest BCUT2D eigenvalue weighted by Crippen LogP contribution is 2.24. The van der Waals surface area contributed by atoms with Crippen molar-refractivity contribution in [2.75, 3.05) is 24.2 Å². The molecule has 0 unspecified atom stereocenters. The van der Waals surface area contributed by atoms with E-state index in [1.165, 1.54) is 0 Å². The van der Waals surface area contributed by atoms with Crippen LogP contribution in [0.1, 0.15) is 45.0 Å². The number of nitrogens with zero attached hydrogens (tertiary/aromatic N) is 2. The van der Waals surface area contributed by atoms with E-state index >= 15 is 0 Å². The number of nitrogen functional groups attached to an aromatic ring is 1. The quantitative estimate of drug-likeness (QED) is 0.696. The Morgan fingerprint density at radius 3 is 2.44 bits per heavy atom. The summed E-state index contributed by atoms with van der Waals surface area (Å²) in [6.07, 6.45) is 1.70. The van der Waals surface area contributed by atoms with Gasteiger partial charge in [0, 0.05) is 24.1 Å². The fourth-order valence-corrected chi connectivity index (χ4v) is 1.49. The van der Waals surface area contributed by atoms with Gasteiger partial charge in [0.15, 0.2) is 0 Å². The summed E-state index contributed by atoms with van der Waals surface area (Å²) in [4.78, 5) is 8.87. The summed E-state index contributed by atoms with van der Waals surface area (Å²) in [5.74, 6) is 2.07. The molecule has 0 aliphatic carbocycles. The average molecular weight is 252 g/mol. The van der Waals surface area contributed by atoms with Crippen LogP contribution in [-0.2, 0) is 5.41 Å². The summed E-state index contributed by atoms with van der Waals surface area (Å²) in [5, 5.41) is 12.0. The maximum absolute atomic E-state index is 8.74. The minimum atomic E-state index is -0.122. The van der Waals surface area contributed by atoms with Crippen LogP contribution < -0.4 is 11.1 Å². The Labute approximate surface area is 109 Å². The van der Waals surface area contributed by atoms with Crippen molar-refractivity contribution in [3.63, 3.8) is 0 Å². The Kier molecular flexibility index (Phi) is 4.90. The largest absolute Gasteiger partial charge is 0.396 e. The Morgan fingerprint density at radius 1 is 1.22 bits per heavy atom. The van der Waals surface area contributed by atoms with Crippen LogP contribution in [0.25, 0.3) is 0 Å². The van der Waals surface area contributed by atoms with Crippen molar-refractivity contribution in [3.05, 3.63) is 11.4 Å². The third-order valence-corrected chi connectivity index (χ3v) is 2.73. The van der Waals surface area contributed by atoms with Gasteiger partial charge in [-0.1, -0.05) is 20.8 Å². The van der Waals surface area contributed by atoms with Gasteiger partial charge in [0.2, 0.25) is 0 Å². The van der Waals surface area contributed by atoms with Gasteiger partial charge >= 0.3 is 0 Å². The Balaban J connectivity index is 2.86. The third-order valence-electron chi connectivity index (χ3n) is 2.73. The minimum Gasteiger partial charge on any atom is -0.396 e. The summed E-state index contributed by atoms with van der Waals surface area (Å²) in [6, 6.07) is 0. The second kappa shape index (κ2) is 6.00. The highest BCUT2D eigenvalue weighted by molar-refractivity contribution is 5.55. The van der Waals surface area contributed by atoms with Gasteiger partial charge in [-0.2, -0.15) is 0 Å². The molecule has 102 valence electrons. The molecule has 5 heteroatoms. The molecule has 1 aromatic heterocycles. The molecule has 4 N–H and O–H groups in total. The molecular formula is C13H24N4O. The average Bonchev–Trinajstić information content (AvgIpc) is 2.28. The molecular weight excluding hydrogens is 228 g/mol. The summed E-state index contributed by atoms with van der Waals surface area (Å²) in [7, 11) is 0. The van der Waals surface area contributed by atoms with E-state index in [-0.39, 0.29) is 12.0 Å². The van der Waals surface area contributed by atoms with E-state index in [2.05, 4.69) is 36.1 Å². The number of hydrogen-bond acceptors (Lipinski definition) is 5. The number of hydrogen-bond donors (Lipinski definition) is 3. The lowest BCUT2D eigenvalue weighted by molar-refractivity contribution is 0.286. The van der Waals surface area contributed by atoms with Crippen LogP contribution >= 0.6 is 0 Å². The molecule has 0 spiro atoms. The highest BCUT2D eigenvalue weighted by atomic mass is 16.2. The summed E-state index contributed by atoms with van der Waals surface area (Å²) in [5.41, 5.74) is 6.68. The SMILES string of the molecule is Cc1c(N)nc(C(C)(C)C)nc1NCCCCO. The number of aliphatic hydroxyl groups is 1. The smallest absolute Gasteiger partial charge is 0.138 e. The van der Waals surface area contributed by atoms with Gasteiger partial charge in [-0.15, -0.1) is 0 Å². The van der Waals surface area contributed by atoms with Gasteiger partial charge in [-0.05, 0) is 19.8 Å². The molecule has 0 aliphatic heterocycles. The fraction of sp³-hybridized carbons (Fsp3) is 0.692. The van der Waals surface area contributed by atoms with Crippen LogP contribution in [0.3, 0.4) is 0 Å². The summed E-state index contributed by atoms with van der Waals surface area (Å²) in [6.45, 7) is 9.10.